The maximum Gasteiger partial charge on any atom is 0.404 e. The molecule has 3 amide bonds. The van der Waals surface area contributed by atoms with Gasteiger partial charge in [-0.05, 0) is 99.6 Å². The van der Waals surface area contributed by atoms with Gasteiger partial charge in [-0.3, -0.25) is 9.59 Å². The fourth-order valence-corrected chi connectivity index (χ4v) is 10.3. The number of carbonyl (C=O) groups is 3. The summed E-state index contributed by atoms with van der Waals surface area (Å²) in [6.07, 6.45) is 13.8. The van der Waals surface area contributed by atoms with E-state index in [2.05, 4.69) is 87.5 Å². The third-order valence-corrected chi connectivity index (χ3v) is 13.4. The van der Waals surface area contributed by atoms with Crippen LogP contribution in [0.4, 0.5) is 4.79 Å². The number of aromatic amines is 2. The molecule has 4 N–H and O–H groups in total. The van der Waals surface area contributed by atoms with Crippen LogP contribution in [0.1, 0.15) is 115 Å². The molecule has 2 aromatic heterocycles. The molecule has 2 unspecified atom stereocenters. The Morgan fingerprint density at radius 1 is 0.667 bits per heavy atom. The van der Waals surface area contributed by atoms with Crippen LogP contribution in [0.2, 0.25) is 0 Å². The molecule has 8 rings (SSSR count). The summed E-state index contributed by atoms with van der Waals surface area (Å²) in [4.78, 5) is 62.1. The monoisotopic (exact) mass is 774 g/mol. The summed E-state index contributed by atoms with van der Waals surface area (Å²) >= 11 is 0. The Labute approximate surface area is 335 Å². The molecule has 0 radical (unpaired) electrons. The van der Waals surface area contributed by atoms with Crippen molar-refractivity contribution in [3.05, 3.63) is 72.6 Å². The van der Waals surface area contributed by atoms with E-state index in [1.54, 1.807) is 0 Å². The van der Waals surface area contributed by atoms with Gasteiger partial charge in [-0.2, -0.15) is 0 Å². The first-order valence-electron chi connectivity index (χ1n) is 21.5. The highest BCUT2D eigenvalue weighted by atomic mass is 16.4. The highest BCUT2D eigenvalue weighted by molar-refractivity contribution is 5.81. The van der Waals surface area contributed by atoms with Crippen LogP contribution in [-0.2, 0) is 9.59 Å². The molecule has 12 heteroatoms. The summed E-state index contributed by atoms with van der Waals surface area (Å²) in [5.74, 6) is 1.79. The maximum atomic E-state index is 13.8. The van der Waals surface area contributed by atoms with Crippen molar-refractivity contribution in [2.24, 2.45) is 11.8 Å². The zero-order chi connectivity index (χ0) is 39.5. The lowest BCUT2D eigenvalue weighted by Crippen LogP contribution is -2.49. The smallest absolute Gasteiger partial charge is 0.404 e. The van der Waals surface area contributed by atoms with E-state index in [-0.39, 0.29) is 35.9 Å². The zero-order valence-corrected chi connectivity index (χ0v) is 33.5. The molecule has 2 aliphatic heterocycles. The zero-order valence-electron chi connectivity index (χ0n) is 33.5. The molecule has 2 saturated heterocycles. The van der Waals surface area contributed by atoms with Gasteiger partial charge in [-0.15, -0.1) is 0 Å². The molecule has 12 nitrogen and oxygen atoms in total. The number of carbonyl (C=O) groups excluding carboxylic acids is 2. The van der Waals surface area contributed by atoms with Crippen molar-refractivity contribution in [3.8, 4) is 33.6 Å². The molecule has 57 heavy (non-hydrogen) atoms. The molecular weight excluding hydrogens is 717 g/mol. The van der Waals surface area contributed by atoms with E-state index >= 15 is 0 Å². The summed E-state index contributed by atoms with van der Waals surface area (Å²) in [6.45, 7) is 8.08. The molecule has 2 aromatic carbocycles. The Bertz CT molecular complexity index is 2000. The van der Waals surface area contributed by atoms with Gasteiger partial charge in [-0.1, -0.05) is 75.2 Å². The molecule has 4 aromatic rings. The summed E-state index contributed by atoms with van der Waals surface area (Å²) < 4.78 is 0. The lowest BCUT2D eigenvalue weighted by Gasteiger charge is -2.37. The van der Waals surface area contributed by atoms with Gasteiger partial charge in [-0.25, -0.2) is 14.8 Å². The molecule has 2 aliphatic carbocycles. The van der Waals surface area contributed by atoms with Crippen molar-refractivity contribution >= 4 is 17.9 Å². The fraction of sp³-hybridized carbons (Fsp3) is 0.533. The number of amides is 3. The van der Waals surface area contributed by atoms with Crippen molar-refractivity contribution in [2.45, 2.75) is 115 Å². The van der Waals surface area contributed by atoms with Crippen molar-refractivity contribution in [2.75, 3.05) is 26.2 Å². The van der Waals surface area contributed by atoms with Gasteiger partial charge in [0.05, 0.1) is 41.8 Å². The third-order valence-electron chi connectivity index (χ3n) is 13.4. The first-order chi connectivity index (χ1) is 27.8. The second-order valence-electron chi connectivity index (χ2n) is 16.6. The Morgan fingerprint density at radius 2 is 1.16 bits per heavy atom. The second kappa shape index (κ2) is 17.3. The minimum Gasteiger partial charge on any atom is -0.465 e. The first-order valence-corrected chi connectivity index (χ1v) is 21.5. The lowest BCUT2D eigenvalue weighted by atomic mass is 9.83. The van der Waals surface area contributed by atoms with Gasteiger partial charge < -0.3 is 35.1 Å². The fourth-order valence-electron chi connectivity index (χ4n) is 10.3. The van der Waals surface area contributed by atoms with Crippen LogP contribution >= 0.6 is 0 Å². The Morgan fingerprint density at radius 3 is 1.67 bits per heavy atom. The van der Waals surface area contributed by atoms with Gasteiger partial charge in [0, 0.05) is 31.1 Å². The number of carboxylic acid groups (broad SMARTS) is 1. The molecule has 4 fully saturated rings. The molecule has 0 spiro atoms. The van der Waals surface area contributed by atoms with E-state index < -0.39 is 6.09 Å². The number of rotatable bonds is 11. The van der Waals surface area contributed by atoms with Crippen molar-refractivity contribution in [1.29, 1.82) is 0 Å². The van der Waals surface area contributed by atoms with Crippen molar-refractivity contribution < 1.29 is 19.5 Å². The van der Waals surface area contributed by atoms with Gasteiger partial charge in [0.25, 0.3) is 0 Å². The summed E-state index contributed by atoms with van der Waals surface area (Å²) in [5.41, 5.74) is 6.14. The predicted octanol–water partition coefficient (Wildman–Crippen LogP) is 8.19. The van der Waals surface area contributed by atoms with Gasteiger partial charge in [0.2, 0.25) is 11.8 Å². The SMILES string of the molecule is CCN(CC)C1CCC(C(=O)N2CCCC2c2ncc(-c3ccc(-c4ccc(-c5cnc(C6CCCN6C(=O)[C@H]6CCCC[C@H]6NC(=O)O)[nH]5)cc4)cc3)[nH]2)CC1. The number of aromatic nitrogens is 4. The molecule has 4 aliphatic rings. The van der Waals surface area contributed by atoms with Crippen LogP contribution in [0, 0.1) is 11.8 Å². The minimum atomic E-state index is -1.07. The number of imidazole rings is 2. The topological polar surface area (TPSA) is 151 Å². The molecule has 4 atom stereocenters. The number of hydrogen-bond donors (Lipinski definition) is 4. The standard InChI is InChI=1S/C45H58N8O4/c1-3-51(4-2)34-23-21-33(22-24-34)43(54)52-25-7-11-39(52)41-46-27-37(48-41)31-17-13-29(14-18-31)30-15-19-32(20-16-30)38-28-47-42(49-38)40-12-8-26-53(40)44(55)35-9-5-6-10-36(35)50-45(56)57/h13-20,27-28,33-36,39-40,50H,3-12,21-26H2,1-2H3,(H,46,48)(H,47,49)(H,56,57)/t33?,34?,35-,36+,39?,40?/m0/s1. The van der Waals surface area contributed by atoms with Crippen LogP contribution in [0.5, 0.6) is 0 Å². The van der Waals surface area contributed by atoms with Crippen LogP contribution in [0.15, 0.2) is 60.9 Å². The highest BCUT2D eigenvalue weighted by Gasteiger charge is 2.40. The molecule has 302 valence electrons. The Hall–Kier alpha value is -4.97. The van der Waals surface area contributed by atoms with Gasteiger partial charge in [0.1, 0.15) is 11.6 Å². The summed E-state index contributed by atoms with van der Waals surface area (Å²) in [7, 11) is 0. The lowest BCUT2D eigenvalue weighted by molar-refractivity contribution is -0.139. The number of hydrogen-bond acceptors (Lipinski definition) is 6. The number of nitrogens with one attached hydrogen (secondary N) is 3. The van der Waals surface area contributed by atoms with E-state index in [1.807, 2.05) is 17.3 Å². The van der Waals surface area contributed by atoms with Crippen LogP contribution in [0.3, 0.4) is 0 Å². The molecular formula is C45H58N8O4. The van der Waals surface area contributed by atoms with Crippen LogP contribution in [-0.4, -0.2) is 95.9 Å². The Balaban J connectivity index is 0.885. The summed E-state index contributed by atoms with van der Waals surface area (Å²) in [5, 5.41) is 11.9. The number of benzene rings is 2. The number of likely N-dealkylation sites (tertiary alicyclic amines) is 2. The maximum absolute atomic E-state index is 13.8. The Kier molecular flexibility index (Phi) is 11.8. The van der Waals surface area contributed by atoms with E-state index in [0.29, 0.717) is 31.3 Å². The quantitative estimate of drug-likeness (QED) is 0.120. The van der Waals surface area contributed by atoms with Gasteiger partial charge in [0.15, 0.2) is 0 Å². The third kappa shape index (κ3) is 8.24. The second-order valence-corrected chi connectivity index (χ2v) is 16.6. The average molecular weight is 775 g/mol. The number of H-pyrrole nitrogens is 2. The number of nitrogens with zero attached hydrogens (tertiary/aromatic N) is 5. The van der Waals surface area contributed by atoms with E-state index in [4.69, 9.17) is 9.97 Å². The highest BCUT2D eigenvalue weighted by Crippen LogP contribution is 2.38. The summed E-state index contributed by atoms with van der Waals surface area (Å²) in [6, 6.07) is 17.1. The molecule has 2 saturated carbocycles. The minimum absolute atomic E-state index is 0.00684. The van der Waals surface area contributed by atoms with E-state index in [9.17, 15) is 19.5 Å². The van der Waals surface area contributed by atoms with Crippen molar-refractivity contribution in [3.63, 3.8) is 0 Å². The first kappa shape index (κ1) is 38.9. The largest absolute Gasteiger partial charge is 0.465 e. The predicted molar refractivity (Wildman–Crippen MR) is 220 cm³/mol. The van der Waals surface area contributed by atoms with Crippen LogP contribution < -0.4 is 5.32 Å². The van der Waals surface area contributed by atoms with Crippen molar-refractivity contribution in [1.82, 2.24) is 40.0 Å². The normalized spacial score (nSPS) is 25.2. The van der Waals surface area contributed by atoms with Crippen LogP contribution in [0.25, 0.3) is 33.6 Å². The average Bonchev–Trinajstić information content (AvgIpc) is 4.09. The van der Waals surface area contributed by atoms with E-state index in [0.717, 1.165) is 129 Å². The van der Waals surface area contributed by atoms with E-state index in [1.165, 1.54) is 0 Å². The molecule has 4 heterocycles. The molecule has 0 bridgehead atoms. The van der Waals surface area contributed by atoms with Gasteiger partial charge >= 0.3 is 6.09 Å².